The van der Waals surface area contributed by atoms with Gasteiger partial charge in [0.25, 0.3) is 0 Å². The molecule has 1 saturated heterocycles. The Morgan fingerprint density at radius 3 is 2.49 bits per heavy atom. The Hall–Kier alpha value is -4.02. The lowest BCUT2D eigenvalue weighted by molar-refractivity contribution is -0.136. The predicted octanol–water partition coefficient (Wildman–Crippen LogP) is 4.28. The van der Waals surface area contributed by atoms with E-state index in [1.165, 1.54) is 19.3 Å². The molecule has 0 bridgehead atoms. The Morgan fingerprint density at radius 2 is 1.74 bits per heavy atom. The fourth-order valence-corrected chi connectivity index (χ4v) is 5.99. The van der Waals surface area contributed by atoms with Crippen molar-refractivity contribution in [3.8, 4) is 0 Å². The average Bonchev–Trinajstić information content (AvgIpc) is 3.38. The quantitative estimate of drug-likeness (QED) is 0.224. The van der Waals surface area contributed by atoms with Crippen LogP contribution in [0.5, 0.6) is 0 Å². The maximum absolute atomic E-state index is 13.6. The van der Waals surface area contributed by atoms with Gasteiger partial charge in [-0.15, -0.1) is 0 Å². The van der Waals surface area contributed by atoms with Gasteiger partial charge in [0, 0.05) is 51.5 Å². The number of ether oxygens (including phenoxy) is 1. The van der Waals surface area contributed by atoms with Crippen molar-refractivity contribution in [2.24, 2.45) is 0 Å². The first-order valence-electron chi connectivity index (χ1n) is 15.2. The van der Waals surface area contributed by atoms with Crippen molar-refractivity contribution in [1.82, 2.24) is 24.3 Å². The molecule has 1 amide bonds. The Balaban J connectivity index is 1.36. The van der Waals surface area contributed by atoms with Crippen LogP contribution in [-0.2, 0) is 40.3 Å². The van der Waals surface area contributed by atoms with E-state index >= 15 is 0 Å². The van der Waals surface area contributed by atoms with Gasteiger partial charge >= 0.3 is 5.97 Å². The number of benzene rings is 2. The van der Waals surface area contributed by atoms with Crippen LogP contribution in [0.4, 0.5) is 5.82 Å². The van der Waals surface area contributed by atoms with Gasteiger partial charge in [-0.2, -0.15) is 0 Å². The Labute approximate surface area is 252 Å². The standard InChI is InChI=1S/C33H42N6O4/c1-43-21-15-28-36-31-32(26-8-3-4-9-27(26)35-33(31)34)39(28)19-7-18-38(29(40)14-20-37-16-5-2-6-17-37)23-25-12-10-24(11-13-25)22-30(41)42/h3-4,8-13H,2,5-7,14-23H2,1H3,(H2,34,35)(H,41,42). The number of likely N-dealkylation sites (tertiary alicyclic amines) is 1. The van der Waals surface area contributed by atoms with Gasteiger partial charge in [0.1, 0.15) is 11.3 Å². The van der Waals surface area contributed by atoms with Crippen LogP contribution in [0.3, 0.4) is 0 Å². The maximum Gasteiger partial charge on any atom is 0.307 e. The minimum absolute atomic E-state index is 0.0161. The molecule has 228 valence electrons. The van der Waals surface area contributed by atoms with E-state index in [0.717, 1.165) is 59.4 Å². The number of hydrogen-bond acceptors (Lipinski definition) is 7. The number of nitrogens with zero attached hydrogens (tertiary/aromatic N) is 5. The number of aryl methyl sites for hydroxylation is 1. The molecular formula is C33H42N6O4. The molecule has 1 aliphatic heterocycles. The average molecular weight is 587 g/mol. The zero-order chi connectivity index (χ0) is 30.2. The maximum atomic E-state index is 13.6. The summed E-state index contributed by atoms with van der Waals surface area (Å²) in [6, 6.07) is 15.5. The normalized spacial score (nSPS) is 14.0. The van der Waals surface area contributed by atoms with Gasteiger partial charge in [0.15, 0.2) is 5.82 Å². The summed E-state index contributed by atoms with van der Waals surface area (Å²) in [7, 11) is 1.68. The minimum Gasteiger partial charge on any atom is -0.481 e. The van der Waals surface area contributed by atoms with Crippen molar-refractivity contribution in [2.45, 2.75) is 58.0 Å². The molecule has 2 aromatic heterocycles. The molecule has 2 aromatic carbocycles. The van der Waals surface area contributed by atoms with E-state index in [1.807, 2.05) is 53.4 Å². The molecule has 0 aliphatic carbocycles. The van der Waals surface area contributed by atoms with Gasteiger partial charge < -0.3 is 29.9 Å². The highest BCUT2D eigenvalue weighted by Crippen LogP contribution is 2.29. The van der Waals surface area contributed by atoms with E-state index in [2.05, 4.69) is 14.5 Å². The molecule has 3 heterocycles. The van der Waals surface area contributed by atoms with E-state index in [4.69, 9.17) is 20.6 Å². The second-order valence-electron chi connectivity index (χ2n) is 11.3. The van der Waals surface area contributed by atoms with Crippen molar-refractivity contribution in [1.29, 1.82) is 0 Å². The number of methoxy groups -OCH3 is 1. The number of anilines is 1. The van der Waals surface area contributed by atoms with Crippen molar-refractivity contribution in [3.05, 3.63) is 65.5 Å². The molecule has 0 atom stereocenters. The topological polar surface area (TPSA) is 127 Å². The van der Waals surface area contributed by atoms with Crippen molar-refractivity contribution in [2.75, 3.05) is 45.6 Å². The number of carboxylic acids is 1. The summed E-state index contributed by atoms with van der Waals surface area (Å²) < 4.78 is 7.59. The highest BCUT2D eigenvalue weighted by atomic mass is 16.5. The predicted molar refractivity (Wildman–Crippen MR) is 168 cm³/mol. The molecule has 3 N–H and O–H groups in total. The number of carbonyl (C=O) groups is 2. The van der Waals surface area contributed by atoms with E-state index in [0.29, 0.717) is 50.4 Å². The van der Waals surface area contributed by atoms with Gasteiger partial charge in [-0.05, 0) is 49.5 Å². The Morgan fingerprint density at radius 1 is 1.00 bits per heavy atom. The van der Waals surface area contributed by atoms with E-state index in [9.17, 15) is 9.59 Å². The fraction of sp³-hybridized carbons (Fsp3) is 0.455. The van der Waals surface area contributed by atoms with Gasteiger partial charge in [-0.3, -0.25) is 9.59 Å². The van der Waals surface area contributed by atoms with Gasteiger partial charge in [-0.25, -0.2) is 9.97 Å². The van der Waals surface area contributed by atoms with Crippen molar-refractivity contribution in [3.63, 3.8) is 0 Å². The first-order valence-corrected chi connectivity index (χ1v) is 15.2. The molecule has 4 aromatic rings. The number of amides is 1. The smallest absolute Gasteiger partial charge is 0.307 e. The Bertz CT molecular complexity index is 1540. The second-order valence-corrected chi connectivity index (χ2v) is 11.3. The third-order valence-electron chi connectivity index (χ3n) is 8.22. The largest absolute Gasteiger partial charge is 0.481 e. The molecular weight excluding hydrogens is 544 g/mol. The third-order valence-corrected chi connectivity index (χ3v) is 8.22. The second kappa shape index (κ2) is 14.4. The SMILES string of the molecule is COCCc1nc2c(N)nc3ccccc3c2n1CCCN(Cc1ccc(CC(=O)O)cc1)C(=O)CCN1CCCCC1. The van der Waals surface area contributed by atoms with Crippen LogP contribution in [0.15, 0.2) is 48.5 Å². The van der Waals surface area contributed by atoms with Crippen LogP contribution >= 0.6 is 0 Å². The zero-order valence-electron chi connectivity index (χ0n) is 25.0. The fourth-order valence-electron chi connectivity index (χ4n) is 5.99. The van der Waals surface area contributed by atoms with Crippen LogP contribution in [-0.4, -0.2) is 81.2 Å². The van der Waals surface area contributed by atoms with Crippen LogP contribution in [0.2, 0.25) is 0 Å². The molecule has 10 heteroatoms. The lowest BCUT2D eigenvalue weighted by Gasteiger charge is -2.28. The first kappa shape index (κ1) is 30.4. The number of aliphatic carboxylic acids is 1. The molecule has 43 heavy (non-hydrogen) atoms. The van der Waals surface area contributed by atoms with Gasteiger partial charge in [-0.1, -0.05) is 48.9 Å². The number of carbonyl (C=O) groups excluding carboxylic acids is 1. The number of nitrogens with two attached hydrogens (primary N) is 1. The van der Waals surface area contributed by atoms with Crippen LogP contribution in [0.25, 0.3) is 21.9 Å². The number of nitrogen functional groups attached to an aromatic ring is 1. The zero-order valence-corrected chi connectivity index (χ0v) is 25.0. The number of para-hydroxylation sites is 1. The number of rotatable bonds is 14. The molecule has 1 fully saturated rings. The number of hydrogen-bond donors (Lipinski definition) is 2. The van der Waals surface area contributed by atoms with Crippen LogP contribution < -0.4 is 5.73 Å². The summed E-state index contributed by atoms with van der Waals surface area (Å²) >= 11 is 0. The monoisotopic (exact) mass is 586 g/mol. The number of piperidine rings is 1. The van der Waals surface area contributed by atoms with E-state index < -0.39 is 5.97 Å². The molecule has 0 unspecified atom stereocenters. The molecule has 0 radical (unpaired) electrons. The van der Waals surface area contributed by atoms with Gasteiger partial charge in [0.2, 0.25) is 5.91 Å². The van der Waals surface area contributed by atoms with Crippen LogP contribution in [0.1, 0.15) is 49.1 Å². The van der Waals surface area contributed by atoms with E-state index in [-0.39, 0.29) is 12.3 Å². The summed E-state index contributed by atoms with van der Waals surface area (Å²) in [6.07, 6.45) is 5.49. The summed E-state index contributed by atoms with van der Waals surface area (Å²) in [4.78, 5) is 38.5. The van der Waals surface area contributed by atoms with E-state index in [1.54, 1.807) is 7.11 Å². The lowest BCUT2D eigenvalue weighted by Crippen LogP contribution is -2.37. The Kier molecular flexibility index (Phi) is 10.2. The van der Waals surface area contributed by atoms with Crippen LogP contribution in [0, 0.1) is 0 Å². The summed E-state index contributed by atoms with van der Waals surface area (Å²) in [5, 5.41) is 10.1. The number of pyridine rings is 1. The number of fused-ring (bicyclic) bond motifs is 3. The summed E-state index contributed by atoms with van der Waals surface area (Å²) in [5.74, 6) is 0.573. The number of aromatic nitrogens is 3. The molecule has 0 saturated carbocycles. The molecule has 5 rings (SSSR count). The number of imidazole rings is 1. The summed E-state index contributed by atoms with van der Waals surface area (Å²) in [6.45, 7) is 5.15. The number of carboxylic acid groups (broad SMARTS) is 1. The van der Waals surface area contributed by atoms with Gasteiger partial charge in [0.05, 0.1) is 24.1 Å². The minimum atomic E-state index is -0.857. The lowest BCUT2D eigenvalue weighted by atomic mass is 10.1. The molecule has 0 spiro atoms. The molecule has 1 aliphatic rings. The first-order chi connectivity index (χ1) is 20.9. The van der Waals surface area contributed by atoms with Crippen molar-refractivity contribution >= 4 is 39.6 Å². The highest BCUT2D eigenvalue weighted by Gasteiger charge is 2.20. The third kappa shape index (κ3) is 7.69. The highest BCUT2D eigenvalue weighted by molar-refractivity contribution is 6.06. The van der Waals surface area contributed by atoms with Crippen molar-refractivity contribution < 1.29 is 19.4 Å². The summed E-state index contributed by atoms with van der Waals surface area (Å²) in [5.41, 5.74) is 10.6. The molecule has 10 nitrogen and oxygen atoms in total.